The van der Waals surface area contributed by atoms with Gasteiger partial charge in [-0.3, -0.25) is 91.1 Å². The maximum Gasteiger partial charge on any atom is 0.326 e. The highest BCUT2D eigenvalue weighted by Crippen LogP contribution is 2.25. The number of aromatic amines is 1. The highest BCUT2D eigenvalue weighted by atomic mass is 32.1. The summed E-state index contributed by atoms with van der Waals surface area (Å²) in [6, 6.07) is -0.933. The van der Waals surface area contributed by atoms with Gasteiger partial charge in [-0.25, -0.2) is 4.79 Å². The number of aliphatic hydroxyl groups excluding tert-OH is 3. The van der Waals surface area contributed by atoms with Crippen molar-refractivity contribution in [2.45, 2.75) is 228 Å². The predicted molar refractivity (Wildman–Crippen MR) is 516 cm³/mol. The van der Waals surface area contributed by atoms with E-state index in [-0.39, 0.29) is 80.2 Å². The van der Waals surface area contributed by atoms with Gasteiger partial charge in [0.25, 0.3) is 0 Å². The minimum atomic E-state index is -1.87. The van der Waals surface area contributed by atoms with Crippen LogP contribution in [0.5, 0.6) is 17.2 Å². The second kappa shape index (κ2) is 58.2. The van der Waals surface area contributed by atoms with Gasteiger partial charge in [0.1, 0.15) is 108 Å². The molecule has 0 radical (unpaired) electrons. The van der Waals surface area contributed by atoms with Crippen molar-refractivity contribution in [2.24, 2.45) is 23.3 Å². The van der Waals surface area contributed by atoms with Crippen LogP contribution in [-0.2, 0) is 122 Å². The molecule has 1 aliphatic heterocycles. The van der Waals surface area contributed by atoms with E-state index in [1.165, 1.54) is 119 Å². The first-order valence-electron chi connectivity index (χ1n) is 45.9. The van der Waals surface area contributed by atoms with Crippen LogP contribution in [0.2, 0.25) is 0 Å². The highest BCUT2D eigenvalue weighted by Gasteiger charge is 2.43. The quantitative estimate of drug-likeness (QED) is 0.0127. The lowest BCUT2D eigenvalue weighted by Crippen LogP contribution is -2.62. The van der Waals surface area contributed by atoms with Crippen LogP contribution < -0.4 is 96.5 Å². The van der Waals surface area contributed by atoms with Gasteiger partial charge in [-0.05, 0) is 142 Å². The average molecular weight is 2040 g/mol. The third kappa shape index (κ3) is 38.3. The average Bonchev–Trinajstić information content (AvgIpc) is 1.68. The fourth-order valence-corrected chi connectivity index (χ4v) is 15.3. The molecule has 49 nitrogen and oxygen atoms in total. The summed E-state index contributed by atoms with van der Waals surface area (Å²) in [6.45, 7) is 4.66. The molecule has 1 aromatic heterocycles. The van der Waals surface area contributed by atoms with Crippen molar-refractivity contribution in [3.63, 3.8) is 0 Å². The van der Waals surface area contributed by atoms with Crippen LogP contribution in [0.25, 0.3) is 10.9 Å². The normalized spacial score (nSPS) is 15.6. The number of amides is 17. The molecule has 1 saturated heterocycles. The third-order valence-corrected chi connectivity index (χ3v) is 23.6. The number of unbranched alkanes of at least 4 members (excludes halogenated alkanes) is 1. The molecular weight excluding hydrogens is 1910 g/mol. The second-order valence-corrected chi connectivity index (χ2v) is 35.5. The first-order valence-corrected chi connectivity index (χ1v) is 47.2. The molecule has 30 N–H and O–H groups in total. The minimum Gasteiger partial charge on any atom is -0.508 e. The second-order valence-electron chi connectivity index (χ2n) is 34.8. The summed E-state index contributed by atoms with van der Waals surface area (Å²) in [6.07, 6.45) is -4.42. The van der Waals surface area contributed by atoms with Crippen molar-refractivity contribution in [1.29, 1.82) is 0 Å². The number of H-pyrrole nitrogens is 1. The molecule has 51 heteroatoms. The van der Waals surface area contributed by atoms with E-state index >= 15 is 0 Å². The number of aliphatic hydroxyl groups is 3. The number of nitrogens with zero attached hydrogens (tertiary/aromatic N) is 1. The molecule has 17 amide bonds. The molecule has 1 aliphatic rings. The molecule has 0 unspecified atom stereocenters. The van der Waals surface area contributed by atoms with E-state index < -0.39 is 304 Å². The number of likely N-dealkylation sites (tertiary alicyclic amines) is 1. The van der Waals surface area contributed by atoms with Gasteiger partial charge in [-0.15, -0.1) is 0 Å². The minimum absolute atomic E-state index is 0.0322. The number of nitrogens with two attached hydrogens (primary N) is 2. The lowest BCUT2D eigenvalue weighted by atomic mass is 10.0. The Labute approximate surface area is 831 Å². The van der Waals surface area contributed by atoms with E-state index in [9.17, 15) is 142 Å². The number of aliphatic carboxylic acids is 3. The summed E-state index contributed by atoms with van der Waals surface area (Å²) < 4.78 is 0. The number of carboxylic acid groups (broad SMARTS) is 3. The Bertz CT molecular complexity index is 5270. The number of para-hydroxylation sites is 1. The lowest BCUT2D eigenvalue weighted by Gasteiger charge is -2.30. The number of hydrogen-bond donors (Lipinski definition) is 30. The Morgan fingerprint density at radius 1 is 0.413 bits per heavy atom. The molecule has 17 atom stereocenters. The molecule has 782 valence electrons. The smallest absolute Gasteiger partial charge is 0.326 e. The van der Waals surface area contributed by atoms with Crippen LogP contribution in [0.3, 0.4) is 0 Å². The van der Waals surface area contributed by atoms with Gasteiger partial charge in [-0.2, -0.15) is 25.3 Å². The van der Waals surface area contributed by atoms with Crippen LogP contribution in [-0.4, -0.2) is 328 Å². The molecule has 6 rings (SSSR count). The van der Waals surface area contributed by atoms with Gasteiger partial charge in [0.2, 0.25) is 100 Å². The van der Waals surface area contributed by atoms with E-state index in [1.54, 1.807) is 30.5 Å². The Morgan fingerprint density at radius 2 is 0.811 bits per heavy atom. The van der Waals surface area contributed by atoms with Crippen molar-refractivity contribution in [1.82, 2.24) is 95.0 Å². The number of aromatic hydroxyl groups is 3. The molecule has 4 aromatic carbocycles. The van der Waals surface area contributed by atoms with Gasteiger partial charge < -0.3 is 152 Å². The molecule has 2 heterocycles. The number of carbonyl (C=O) groups is 20. The van der Waals surface area contributed by atoms with Crippen LogP contribution in [0.15, 0.2) is 103 Å². The first kappa shape index (κ1) is 117. The first-order chi connectivity index (χ1) is 67.6. The van der Waals surface area contributed by atoms with Crippen LogP contribution >= 0.6 is 25.3 Å². The van der Waals surface area contributed by atoms with Gasteiger partial charge in [-0.1, -0.05) is 82.3 Å². The molecule has 0 bridgehead atoms. The Hall–Kier alpha value is -14.3. The van der Waals surface area contributed by atoms with Crippen LogP contribution in [0.4, 0.5) is 0 Å². The molecule has 1 fully saturated rings. The maximum atomic E-state index is 14.8. The van der Waals surface area contributed by atoms with Crippen LogP contribution in [0.1, 0.15) is 122 Å². The van der Waals surface area contributed by atoms with Crippen molar-refractivity contribution in [2.75, 3.05) is 50.8 Å². The molecule has 0 spiro atoms. The number of aromatic nitrogens is 1. The fraction of sp³-hybridized carbons (Fsp3) is 0.500. The summed E-state index contributed by atoms with van der Waals surface area (Å²) in [5, 5.41) is 129. The van der Waals surface area contributed by atoms with Crippen molar-refractivity contribution < 1.29 is 142 Å². The standard InChI is InChI=1S/C92H128N20O29S2/c1-45(2)75(88(136)101-60(29-31-73(124)125)81(129)107-66(43-142)84(132)103-62(35-50-18-24-54(117)25-19-50)82(130)106-65(42-113)83(131)110-76(46(3)4)89(137)100-58(14-9-10-32-93)79(127)105-64(92(140)141)36-51-20-26-55(118)27-21-51)109-71(121)40-96-69(119)39-97-78(126)61(34-49-16-22-53(116)23-17-49)102-80(128)59(28-30-72(122)123)99-70(120)41-98-86(134)68-15-11-33-112(68)91(139)63(37-52-38-95-57-13-8-7-12-56(52)57)104-85(133)67(44-143)108-90(138)77(48(6)115)111-87(135)74(94)47(5)114/h7-8,12-13,16-27,38,45-48,58-68,74-77,95,113-118,142-143H,9-11,14-15,28-37,39-44,93-94H2,1-6H3,(H,96,119)(H,97,126)(H,98,134)(H,99,120)(H,100,137)(H,101,136)(H,102,128)(H,103,132)(H,104,133)(H,105,127)(H,106,130)(H,107,129)(H,108,138)(H,109,121)(H,110,131)(H,111,135)(H,122,123)(H,124,125)(H,140,141)/t47-,48-,58+,59+,60+,61+,62+,63+,64+,65+,66+,67+,68+,74+,75+,76+,77+/m1/s1. The van der Waals surface area contributed by atoms with E-state index in [0.29, 0.717) is 34.0 Å². The number of phenolic OH excluding ortho intramolecular Hbond substituents is 3. The SMILES string of the molecule is CC(C)[C@H](NC(=O)CNC(=O)CNC(=O)[C@H](Cc1ccc(O)cc1)NC(=O)[C@H](CCC(=O)O)NC(=O)CNC(=O)[C@@H]1CCCN1C(=O)[C@H](Cc1c[nH]c2ccccc12)NC(=O)[C@H](CS)NC(=O)[C@@H](NC(=O)[C@@H](N)[C@@H](C)O)[C@@H](C)O)C(=O)N[C@@H](CCC(=O)O)C(=O)N[C@@H](CS)C(=O)N[C@@H](Cc1ccc(O)cc1)C(=O)N[C@@H](CO)C(=O)N[C@H](C(=O)N[C@@H](CCCCN)C(=O)N[C@@H](Cc1ccc(O)cc1)C(=O)O)C(C)C. The number of rotatable bonds is 59. The molecular formula is C92H128N20O29S2. The van der Waals surface area contributed by atoms with E-state index in [4.69, 9.17) is 11.5 Å². The molecule has 143 heavy (non-hydrogen) atoms. The topological polar surface area (TPSA) is 787 Å². The number of thiol groups is 2. The summed E-state index contributed by atoms with van der Waals surface area (Å²) in [5.74, 6) is -25.0. The number of nitrogens with one attached hydrogen (secondary N) is 17. The lowest BCUT2D eigenvalue weighted by molar-refractivity contribution is -0.142. The van der Waals surface area contributed by atoms with E-state index in [2.05, 4.69) is 115 Å². The van der Waals surface area contributed by atoms with Crippen molar-refractivity contribution in [3.8, 4) is 17.2 Å². The number of carbonyl (C=O) groups excluding carboxylic acids is 17. The number of hydrogen-bond acceptors (Lipinski definition) is 30. The van der Waals surface area contributed by atoms with E-state index in [0.717, 1.165) is 0 Å². The van der Waals surface area contributed by atoms with Crippen molar-refractivity contribution >= 4 is 154 Å². The number of carboxylic acids is 3. The van der Waals surface area contributed by atoms with Gasteiger partial charge >= 0.3 is 17.9 Å². The van der Waals surface area contributed by atoms with Gasteiger partial charge in [0.15, 0.2) is 0 Å². The van der Waals surface area contributed by atoms with Crippen molar-refractivity contribution in [3.05, 3.63) is 126 Å². The monoisotopic (exact) mass is 2040 g/mol. The zero-order valence-corrected chi connectivity index (χ0v) is 81.1. The molecule has 0 aliphatic carbocycles. The summed E-state index contributed by atoms with van der Waals surface area (Å²) in [5.41, 5.74) is 13.7. The fourth-order valence-electron chi connectivity index (χ4n) is 14.8. The zero-order valence-electron chi connectivity index (χ0n) is 79.3. The Kier molecular flexibility index (Phi) is 47.8. The zero-order chi connectivity index (χ0) is 106. The summed E-state index contributed by atoms with van der Waals surface area (Å²) >= 11 is 8.48. The number of phenols is 3. The summed E-state index contributed by atoms with van der Waals surface area (Å²) in [4.78, 5) is 278. The predicted octanol–water partition coefficient (Wildman–Crippen LogP) is -6.61. The van der Waals surface area contributed by atoms with E-state index in [1.807, 2.05) is 0 Å². The van der Waals surface area contributed by atoms with Crippen LogP contribution in [0, 0.1) is 11.8 Å². The van der Waals surface area contributed by atoms with Gasteiger partial charge in [0, 0.05) is 73.7 Å². The molecule has 5 aromatic rings. The molecule has 0 saturated carbocycles. The number of benzene rings is 4. The van der Waals surface area contributed by atoms with Gasteiger partial charge in [0.05, 0.1) is 38.4 Å². The Morgan fingerprint density at radius 3 is 1.29 bits per heavy atom. The number of fused-ring (bicyclic) bond motifs is 1. The maximum absolute atomic E-state index is 14.8. The largest absolute Gasteiger partial charge is 0.508 e. The summed E-state index contributed by atoms with van der Waals surface area (Å²) in [7, 11) is 0. The Balaban J connectivity index is 1.08. The third-order valence-electron chi connectivity index (χ3n) is 22.9. The highest BCUT2D eigenvalue weighted by molar-refractivity contribution is 7.80.